The summed E-state index contributed by atoms with van der Waals surface area (Å²) in [6, 6.07) is 20.9. The Hall–Kier alpha value is -3.34. The third-order valence-electron chi connectivity index (χ3n) is 7.39. The number of piperazine rings is 1. The van der Waals surface area contributed by atoms with Crippen molar-refractivity contribution in [3.05, 3.63) is 93.2 Å². The number of rotatable bonds is 6. The molecule has 1 fully saturated rings. The highest BCUT2D eigenvalue weighted by Crippen LogP contribution is 2.44. The van der Waals surface area contributed by atoms with Crippen LogP contribution in [-0.2, 0) is 16.1 Å². The average molecular weight is 513 g/mol. The van der Waals surface area contributed by atoms with Crippen LogP contribution in [0.25, 0.3) is 0 Å². The number of carbonyl (C=O) groups is 2. The van der Waals surface area contributed by atoms with Gasteiger partial charge >= 0.3 is 0 Å². The maximum absolute atomic E-state index is 13.1. The second-order valence-electron chi connectivity index (χ2n) is 9.92. The number of aryl methyl sites for hydroxylation is 1. The zero-order chi connectivity index (χ0) is 25.8. The number of benzene rings is 2. The standard InChI is InChI=1S/C30H32N4O2S/c1-21-10-12-23(13-11-21)28-24(18-31)30(32-25-8-5-9-26(35)29(25)28)37-20-27(36)34-16-14-33(15-17-34)19-22-6-3-2-4-7-22/h2-4,6-7,10-13,28,32H,5,8-9,14-17,19-20H2,1H3. The highest BCUT2D eigenvalue weighted by Gasteiger charge is 2.37. The number of Topliss-reactive ketones (excluding diaryl/α,β-unsaturated/α-hetero) is 1. The minimum atomic E-state index is -0.381. The zero-order valence-electron chi connectivity index (χ0n) is 21.2. The largest absolute Gasteiger partial charge is 0.352 e. The molecule has 1 amide bonds. The Labute approximate surface area is 223 Å². The van der Waals surface area contributed by atoms with Crippen molar-refractivity contribution in [3.63, 3.8) is 0 Å². The molecule has 1 atom stereocenters. The van der Waals surface area contributed by atoms with Crippen LogP contribution < -0.4 is 5.32 Å². The number of amides is 1. The van der Waals surface area contributed by atoms with Crippen molar-refractivity contribution in [2.75, 3.05) is 31.9 Å². The molecule has 0 radical (unpaired) electrons. The van der Waals surface area contributed by atoms with E-state index >= 15 is 0 Å². The fraction of sp³-hybridized carbons (Fsp3) is 0.367. The van der Waals surface area contributed by atoms with E-state index in [4.69, 9.17) is 0 Å². The molecule has 2 heterocycles. The van der Waals surface area contributed by atoms with Crippen LogP contribution in [0, 0.1) is 18.3 Å². The summed E-state index contributed by atoms with van der Waals surface area (Å²) in [4.78, 5) is 30.4. The molecule has 0 saturated carbocycles. The third kappa shape index (κ3) is 5.66. The van der Waals surface area contributed by atoms with Gasteiger partial charge in [0.15, 0.2) is 5.78 Å². The van der Waals surface area contributed by atoms with Crippen LogP contribution in [0.4, 0.5) is 0 Å². The molecule has 2 aliphatic heterocycles. The number of hydrogen-bond acceptors (Lipinski definition) is 6. The molecule has 2 aromatic rings. The maximum atomic E-state index is 13.1. The summed E-state index contributed by atoms with van der Waals surface area (Å²) >= 11 is 1.39. The number of thioether (sulfide) groups is 1. The van der Waals surface area contributed by atoms with Gasteiger partial charge in [-0.2, -0.15) is 5.26 Å². The Morgan fingerprint density at radius 2 is 1.78 bits per heavy atom. The lowest BCUT2D eigenvalue weighted by Crippen LogP contribution is -2.48. The summed E-state index contributed by atoms with van der Waals surface area (Å²) in [5.41, 5.74) is 5.53. The van der Waals surface area contributed by atoms with E-state index in [1.807, 2.05) is 42.2 Å². The van der Waals surface area contributed by atoms with E-state index in [1.54, 1.807) is 0 Å². The third-order valence-corrected chi connectivity index (χ3v) is 8.39. The lowest BCUT2D eigenvalue weighted by molar-refractivity contribution is -0.130. The van der Waals surface area contributed by atoms with Gasteiger partial charge in [-0.3, -0.25) is 14.5 Å². The summed E-state index contributed by atoms with van der Waals surface area (Å²) < 4.78 is 0. The molecule has 1 saturated heterocycles. The van der Waals surface area contributed by atoms with Crippen molar-refractivity contribution in [2.45, 2.75) is 38.6 Å². The first-order valence-corrected chi connectivity index (χ1v) is 13.9. The predicted molar refractivity (Wildman–Crippen MR) is 146 cm³/mol. The number of nitriles is 1. The van der Waals surface area contributed by atoms with Crippen LogP contribution in [0.2, 0.25) is 0 Å². The molecular weight excluding hydrogens is 480 g/mol. The van der Waals surface area contributed by atoms with Crippen LogP contribution >= 0.6 is 11.8 Å². The van der Waals surface area contributed by atoms with Crippen molar-refractivity contribution in [2.24, 2.45) is 0 Å². The van der Waals surface area contributed by atoms with Gasteiger partial charge in [-0.15, -0.1) is 0 Å². The molecule has 1 unspecified atom stereocenters. The molecule has 2 aromatic carbocycles. The van der Waals surface area contributed by atoms with Crippen molar-refractivity contribution >= 4 is 23.5 Å². The lowest BCUT2D eigenvalue weighted by atomic mass is 9.77. The Morgan fingerprint density at radius 3 is 2.49 bits per heavy atom. The quantitative estimate of drug-likeness (QED) is 0.614. The van der Waals surface area contributed by atoms with E-state index in [0.717, 1.165) is 54.9 Å². The van der Waals surface area contributed by atoms with Gasteiger partial charge in [0.2, 0.25) is 5.91 Å². The Morgan fingerprint density at radius 1 is 1.05 bits per heavy atom. The molecule has 7 heteroatoms. The molecule has 3 aliphatic rings. The van der Waals surface area contributed by atoms with Crippen LogP contribution in [0.3, 0.4) is 0 Å². The number of nitrogens with one attached hydrogen (secondary N) is 1. The van der Waals surface area contributed by atoms with Crippen LogP contribution in [-0.4, -0.2) is 53.4 Å². The van der Waals surface area contributed by atoms with E-state index in [9.17, 15) is 14.9 Å². The first-order chi connectivity index (χ1) is 18.0. The van der Waals surface area contributed by atoms with Crippen molar-refractivity contribution in [1.82, 2.24) is 15.1 Å². The lowest BCUT2D eigenvalue weighted by Gasteiger charge is -2.35. The zero-order valence-corrected chi connectivity index (χ0v) is 22.0. The number of dihydropyridines is 1. The number of nitrogens with zero attached hydrogens (tertiary/aromatic N) is 3. The highest BCUT2D eigenvalue weighted by molar-refractivity contribution is 8.03. The topological polar surface area (TPSA) is 76.4 Å². The van der Waals surface area contributed by atoms with Crippen molar-refractivity contribution in [3.8, 4) is 6.07 Å². The second-order valence-corrected chi connectivity index (χ2v) is 10.9. The summed E-state index contributed by atoms with van der Waals surface area (Å²) in [7, 11) is 0. The Bertz CT molecular complexity index is 1270. The van der Waals surface area contributed by atoms with Gasteiger partial charge in [-0.05, 0) is 30.9 Å². The van der Waals surface area contributed by atoms with Crippen LogP contribution in [0.1, 0.15) is 41.9 Å². The number of allylic oxidation sites excluding steroid dienone is 3. The molecule has 1 aliphatic carbocycles. The van der Waals surface area contributed by atoms with Gasteiger partial charge in [0.05, 0.1) is 28.3 Å². The molecule has 1 N–H and O–H groups in total. The van der Waals surface area contributed by atoms with E-state index in [-0.39, 0.29) is 23.4 Å². The summed E-state index contributed by atoms with van der Waals surface area (Å²) in [5.74, 6) is 0.0836. The summed E-state index contributed by atoms with van der Waals surface area (Å²) in [5, 5.41) is 14.3. The summed E-state index contributed by atoms with van der Waals surface area (Å²) in [6.07, 6.45) is 2.10. The predicted octanol–water partition coefficient (Wildman–Crippen LogP) is 4.50. The van der Waals surface area contributed by atoms with E-state index in [0.29, 0.717) is 30.1 Å². The van der Waals surface area contributed by atoms with E-state index in [1.165, 1.54) is 17.3 Å². The van der Waals surface area contributed by atoms with Gasteiger partial charge in [0, 0.05) is 50.4 Å². The first-order valence-electron chi connectivity index (χ1n) is 12.9. The monoisotopic (exact) mass is 512 g/mol. The van der Waals surface area contributed by atoms with Gasteiger partial charge in [-0.25, -0.2) is 0 Å². The molecular formula is C30H32N4O2S. The minimum Gasteiger partial charge on any atom is -0.352 e. The summed E-state index contributed by atoms with van der Waals surface area (Å²) in [6.45, 7) is 6.04. The Balaban J connectivity index is 1.27. The number of carbonyl (C=O) groups excluding carboxylic acids is 2. The van der Waals surface area contributed by atoms with Crippen LogP contribution in [0.15, 0.2) is 76.5 Å². The molecule has 0 bridgehead atoms. The Kier molecular flexibility index (Phi) is 7.78. The van der Waals surface area contributed by atoms with Gasteiger partial charge < -0.3 is 10.2 Å². The molecule has 5 rings (SSSR count). The van der Waals surface area contributed by atoms with Crippen molar-refractivity contribution < 1.29 is 9.59 Å². The molecule has 6 nitrogen and oxygen atoms in total. The van der Waals surface area contributed by atoms with E-state index < -0.39 is 0 Å². The fourth-order valence-corrected chi connectivity index (χ4v) is 6.32. The molecule has 190 valence electrons. The molecule has 0 aromatic heterocycles. The second kappa shape index (κ2) is 11.4. The highest BCUT2D eigenvalue weighted by atomic mass is 32.2. The van der Waals surface area contributed by atoms with Gasteiger partial charge in [0.25, 0.3) is 0 Å². The smallest absolute Gasteiger partial charge is 0.233 e. The van der Waals surface area contributed by atoms with Gasteiger partial charge in [-0.1, -0.05) is 71.9 Å². The molecule has 37 heavy (non-hydrogen) atoms. The van der Waals surface area contributed by atoms with E-state index in [2.05, 4.69) is 40.6 Å². The fourth-order valence-electron chi connectivity index (χ4n) is 5.35. The average Bonchev–Trinajstić information content (AvgIpc) is 2.92. The molecule has 0 spiro atoms. The number of ketones is 1. The number of hydrogen-bond donors (Lipinski definition) is 1. The van der Waals surface area contributed by atoms with Gasteiger partial charge in [0.1, 0.15) is 0 Å². The first kappa shape index (κ1) is 25.3. The SMILES string of the molecule is Cc1ccc(C2C(C#N)=C(SCC(=O)N3CCN(Cc4ccccc4)CC3)NC3=C2C(=O)CCC3)cc1. The minimum absolute atomic E-state index is 0.0855. The van der Waals surface area contributed by atoms with Crippen LogP contribution in [0.5, 0.6) is 0 Å². The van der Waals surface area contributed by atoms with Crippen molar-refractivity contribution in [1.29, 1.82) is 5.26 Å². The normalized spacial score (nSPS) is 20.4. The maximum Gasteiger partial charge on any atom is 0.233 e.